The van der Waals surface area contributed by atoms with Crippen LogP contribution in [0.3, 0.4) is 0 Å². The summed E-state index contributed by atoms with van der Waals surface area (Å²) in [5, 5.41) is 11.1. The predicted octanol–water partition coefficient (Wildman–Crippen LogP) is 3.12. The maximum Gasteiger partial charge on any atom is 0.416 e. The van der Waals surface area contributed by atoms with Gasteiger partial charge in [-0.05, 0) is 24.6 Å². The Morgan fingerprint density at radius 2 is 1.95 bits per heavy atom. The zero-order chi connectivity index (χ0) is 16.5. The van der Waals surface area contributed by atoms with Gasteiger partial charge >= 0.3 is 12.1 Å². The molecule has 1 aliphatic carbocycles. The summed E-state index contributed by atoms with van der Waals surface area (Å²) in [4.78, 5) is 22.8. The van der Waals surface area contributed by atoms with Gasteiger partial charge in [-0.3, -0.25) is 9.59 Å². The molecule has 1 amide bonds. The molecule has 0 radical (unpaired) electrons. The quantitative estimate of drug-likeness (QED) is 0.835. The minimum Gasteiger partial charge on any atom is -0.481 e. The van der Waals surface area contributed by atoms with E-state index in [1.807, 2.05) is 0 Å². The zero-order valence-corrected chi connectivity index (χ0v) is 11.8. The lowest BCUT2D eigenvalue weighted by Crippen LogP contribution is -2.33. The van der Waals surface area contributed by atoms with E-state index < -0.39 is 35.6 Å². The molecule has 2 unspecified atom stereocenters. The molecule has 118 valence electrons. The number of alkyl halides is 3. The molecule has 0 bridgehead atoms. The third kappa shape index (κ3) is 3.59. The predicted molar refractivity (Wildman–Crippen MR) is 72.6 cm³/mol. The third-order valence-electron chi connectivity index (χ3n) is 3.26. The van der Waals surface area contributed by atoms with Gasteiger partial charge in [0.05, 0.1) is 22.1 Å². The molecule has 0 heterocycles. The summed E-state index contributed by atoms with van der Waals surface area (Å²) in [5.41, 5.74) is -1.04. The van der Waals surface area contributed by atoms with Crippen LogP contribution in [0.1, 0.15) is 22.3 Å². The molecular weight excluding hydrogens is 323 g/mol. The number of amides is 1. The van der Waals surface area contributed by atoms with Crippen LogP contribution in [-0.4, -0.2) is 23.0 Å². The van der Waals surface area contributed by atoms with E-state index in [2.05, 4.69) is 5.32 Å². The lowest BCUT2D eigenvalue weighted by molar-refractivity contribution is -0.140. The molecule has 4 nitrogen and oxygen atoms in total. The van der Waals surface area contributed by atoms with Crippen molar-refractivity contribution in [2.75, 3.05) is 0 Å². The number of rotatable bonds is 3. The van der Waals surface area contributed by atoms with E-state index in [1.165, 1.54) is 12.2 Å². The lowest BCUT2D eigenvalue weighted by atomic mass is 10.1. The van der Waals surface area contributed by atoms with E-state index in [0.717, 1.165) is 12.1 Å². The molecule has 2 atom stereocenters. The van der Waals surface area contributed by atoms with Crippen molar-refractivity contribution < 1.29 is 27.9 Å². The molecule has 0 fully saturated rings. The van der Waals surface area contributed by atoms with Crippen molar-refractivity contribution in [1.29, 1.82) is 0 Å². The Balaban J connectivity index is 2.08. The van der Waals surface area contributed by atoms with Crippen molar-refractivity contribution in [3.63, 3.8) is 0 Å². The van der Waals surface area contributed by atoms with Crippen LogP contribution in [0.5, 0.6) is 0 Å². The molecule has 0 spiro atoms. The molecule has 2 N–H and O–H groups in total. The number of nitrogens with one attached hydrogen (secondary N) is 1. The fourth-order valence-electron chi connectivity index (χ4n) is 2.11. The number of carbonyl (C=O) groups excluding carboxylic acids is 1. The standard InChI is InChI=1S/C14H11ClF3NO3/c15-11-6-8(14(16,17)18)2-4-10(11)12(20)19-9-3-1-7(5-9)13(21)22/h1-4,6-7,9H,5H2,(H,19,20)(H,21,22). The molecule has 1 aromatic carbocycles. The first-order valence-corrected chi connectivity index (χ1v) is 6.65. The Morgan fingerprint density at radius 3 is 2.45 bits per heavy atom. The third-order valence-corrected chi connectivity index (χ3v) is 3.57. The molecule has 0 saturated carbocycles. The first kappa shape index (κ1) is 16.4. The van der Waals surface area contributed by atoms with Crippen LogP contribution < -0.4 is 5.32 Å². The second-order valence-electron chi connectivity index (χ2n) is 4.84. The highest BCUT2D eigenvalue weighted by atomic mass is 35.5. The Hall–Kier alpha value is -2.02. The van der Waals surface area contributed by atoms with E-state index in [9.17, 15) is 22.8 Å². The van der Waals surface area contributed by atoms with Gasteiger partial charge < -0.3 is 10.4 Å². The Bertz CT molecular complexity index is 643. The number of hydrogen-bond acceptors (Lipinski definition) is 2. The van der Waals surface area contributed by atoms with Gasteiger partial charge in [0.1, 0.15) is 0 Å². The normalized spacial score (nSPS) is 20.9. The van der Waals surface area contributed by atoms with Gasteiger partial charge in [0.25, 0.3) is 5.91 Å². The summed E-state index contributed by atoms with van der Waals surface area (Å²) in [6.07, 6.45) is -1.35. The molecule has 1 aliphatic rings. The average Bonchev–Trinajstić information content (AvgIpc) is 2.86. The van der Waals surface area contributed by atoms with Crippen LogP contribution in [0.15, 0.2) is 30.4 Å². The number of benzene rings is 1. The summed E-state index contributed by atoms with van der Waals surface area (Å²) in [6, 6.07) is 1.95. The van der Waals surface area contributed by atoms with Crippen molar-refractivity contribution in [2.24, 2.45) is 5.92 Å². The number of halogens is 4. The van der Waals surface area contributed by atoms with Crippen LogP contribution in [0.2, 0.25) is 5.02 Å². The Kier molecular flexibility index (Phi) is 4.46. The van der Waals surface area contributed by atoms with Gasteiger partial charge in [-0.1, -0.05) is 23.8 Å². The molecule has 2 rings (SSSR count). The van der Waals surface area contributed by atoms with Gasteiger partial charge in [0, 0.05) is 6.04 Å². The van der Waals surface area contributed by atoms with Crippen LogP contribution in [0.25, 0.3) is 0 Å². The van der Waals surface area contributed by atoms with Gasteiger partial charge in [0.15, 0.2) is 0 Å². The molecular formula is C14H11ClF3NO3. The highest BCUT2D eigenvalue weighted by Crippen LogP contribution is 2.32. The van der Waals surface area contributed by atoms with E-state index in [-0.39, 0.29) is 17.0 Å². The molecule has 0 aromatic heterocycles. The number of carbonyl (C=O) groups is 2. The minimum absolute atomic E-state index is 0.0955. The van der Waals surface area contributed by atoms with E-state index >= 15 is 0 Å². The number of hydrogen-bond donors (Lipinski definition) is 2. The second-order valence-corrected chi connectivity index (χ2v) is 5.24. The molecule has 8 heteroatoms. The highest BCUT2D eigenvalue weighted by Gasteiger charge is 2.32. The van der Waals surface area contributed by atoms with Gasteiger partial charge in [-0.25, -0.2) is 0 Å². The van der Waals surface area contributed by atoms with Crippen molar-refractivity contribution in [3.8, 4) is 0 Å². The Labute approximate surface area is 128 Å². The summed E-state index contributed by atoms with van der Waals surface area (Å²) in [5.74, 6) is -2.34. The number of carboxylic acid groups (broad SMARTS) is 1. The van der Waals surface area contributed by atoms with E-state index in [1.54, 1.807) is 0 Å². The lowest BCUT2D eigenvalue weighted by Gasteiger charge is -2.14. The minimum atomic E-state index is -4.54. The van der Waals surface area contributed by atoms with Crippen molar-refractivity contribution in [2.45, 2.75) is 18.6 Å². The maximum atomic E-state index is 12.5. The van der Waals surface area contributed by atoms with Crippen LogP contribution in [0, 0.1) is 5.92 Å². The average molecular weight is 334 g/mol. The number of carboxylic acids is 1. The molecule has 0 saturated heterocycles. The van der Waals surface area contributed by atoms with Crippen molar-refractivity contribution >= 4 is 23.5 Å². The Morgan fingerprint density at radius 1 is 1.27 bits per heavy atom. The molecule has 22 heavy (non-hydrogen) atoms. The SMILES string of the molecule is O=C(NC1C=CC(C(=O)O)C1)c1ccc(C(F)(F)F)cc1Cl. The first-order chi connectivity index (χ1) is 10.2. The zero-order valence-electron chi connectivity index (χ0n) is 11.0. The molecule has 1 aromatic rings. The van der Waals surface area contributed by atoms with Gasteiger partial charge in [-0.2, -0.15) is 13.2 Å². The summed E-state index contributed by atoms with van der Waals surface area (Å²) in [6.45, 7) is 0. The fraction of sp³-hybridized carbons (Fsp3) is 0.286. The monoisotopic (exact) mass is 333 g/mol. The van der Waals surface area contributed by atoms with Crippen LogP contribution in [-0.2, 0) is 11.0 Å². The highest BCUT2D eigenvalue weighted by molar-refractivity contribution is 6.33. The summed E-state index contributed by atoms with van der Waals surface area (Å²) < 4.78 is 37.6. The van der Waals surface area contributed by atoms with Crippen LogP contribution in [0.4, 0.5) is 13.2 Å². The summed E-state index contributed by atoms with van der Waals surface area (Å²) >= 11 is 5.72. The van der Waals surface area contributed by atoms with Crippen LogP contribution >= 0.6 is 11.6 Å². The first-order valence-electron chi connectivity index (χ1n) is 6.27. The van der Waals surface area contributed by atoms with E-state index in [0.29, 0.717) is 6.07 Å². The van der Waals surface area contributed by atoms with Gasteiger partial charge in [0.2, 0.25) is 0 Å². The van der Waals surface area contributed by atoms with Crippen molar-refractivity contribution in [1.82, 2.24) is 5.32 Å². The number of aliphatic carboxylic acids is 1. The van der Waals surface area contributed by atoms with Crippen molar-refractivity contribution in [3.05, 3.63) is 46.5 Å². The summed E-state index contributed by atoms with van der Waals surface area (Å²) in [7, 11) is 0. The van der Waals surface area contributed by atoms with E-state index in [4.69, 9.17) is 16.7 Å². The smallest absolute Gasteiger partial charge is 0.416 e. The van der Waals surface area contributed by atoms with Gasteiger partial charge in [-0.15, -0.1) is 0 Å². The maximum absolute atomic E-state index is 12.5. The fourth-order valence-corrected chi connectivity index (χ4v) is 2.38. The topological polar surface area (TPSA) is 66.4 Å². The molecule has 0 aliphatic heterocycles. The second kappa shape index (κ2) is 6.00. The largest absolute Gasteiger partial charge is 0.481 e.